The summed E-state index contributed by atoms with van der Waals surface area (Å²) in [5, 5.41) is 7.36. The summed E-state index contributed by atoms with van der Waals surface area (Å²) in [6.07, 6.45) is 9.36. The van der Waals surface area contributed by atoms with Gasteiger partial charge in [0.05, 0.1) is 0 Å². The number of nitrogens with zero attached hydrogens (tertiary/aromatic N) is 1. The van der Waals surface area contributed by atoms with Crippen molar-refractivity contribution >= 4 is 51.1 Å². The summed E-state index contributed by atoms with van der Waals surface area (Å²) in [4.78, 5) is 2.29. The number of benzene rings is 8. The molecule has 0 heterocycles. The summed E-state index contributed by atoms with van der Waals surface area (Å²) in [7, 11) is 2.16. The van der Waals surface area contributed by atoms with Crippen molar-refractivity contribution in [1.82, 2.24) is 0 Å². The third-order valence-electron chi connectivity index (χ3n) is 12.2. The lowest BCUT2D eigenvalue weighted by Gasteiger charge is -2.25. The van der Waals surface area contributed by atoms with E-state index in [4.69, 9.17) is 0 Å². The van der Waals surface area contributed by atoms with Crippen LogP contribution in [0.5, 0.6) is 0 Å². The number of para-hydroxylation sites is 1. The first kappa shape index (κ1) is 36.0. The van der Waals surface area contributed by atoms with Crippen LogP contribution in [0.25, 0.3) is 73.2 Å². The number of fused-ring (bicyclic) bond motifs is 5. The Balaban J connectivity index is 1.33. The van der Waals surface area contributed by atoms with E-state index in [2.05, 4.69) is 210 Å². The molecular formula is C56H47N. The minimum atomic E-state index is -0.114. The predicted molar refractivity (Wildman–Crippen MR) is 248 cm³/mol. The van der Waals surface area contributed by atoms with Gasteiger partial charge < -0.3 is 4.90 Å². The molecule has 0 N–H and O–H groups in total. The Morgan fingerprint density at radius 1 is 0.579 bits per heavy atom. The Morgan fingerprint density at radius 2 is 1.23 bits per heavy atom. The van der Waals surface area contributed by atoms with Crippen LogP contribution in [0.15, 0.2) is 171 Å². The highest BCUT2D eigenvalue weighted by Crippen LogP contribution is 2.49. The average Bonchev–Trinajstić information content (AvgIpc) is 3.48. The maximum absolute atomic E-state index is 4.29. The van der Waals surface area contributed by atoms with E-state index in [0.29, 0.717) is 0 Å². The Morgan fingerprint density at radius 3 is 2.02 bits per heavy atom. The number of hydrogen-bond acceptors (Lipinski definition) is 1. The lowest BCUT2D eigenvalue weighted by molar-refractivity contribution is 0.660. The average molecular weight is 734 g/mol. The van der Waals surface area contributed by atoms with Gasteiger partial charge in [0.15, 0.2) is 0 Å². The highest BCUT2D eigenvalue weighted by Gasteiger charge is 2.35. The van der Waals surface area contributed by atoms with E-state index >= 15 is 0 Å². The van der Waals surface area contributed by atoms with Crippen LogP contribution in [-0.2, 0) is 11.8 Å². The Kier molecular flexibility index (Phi) is 9.10. The third-order valence-corrected chi connectivity index (χ3v) is 12.2. The summed E-state index contributed by atoms with van der Waals surface area (Å²) >= 11 is 0. The van der Waals surface area contributed by atoms with Gasteiger partial charge >= 0.3 is 0 Å². The second-order valence-corrected chi connectivity index (χ2v) is 15.9. The van der Waals surface area contributed by atoms with E-state index in [1.165, 1.54) is 87.6 Å². The molecule has 1 heteroatoms. The van der Waals surface area contributed by atoms with E-state index in [-0.39, 0.29) is 5.41 Å². The standard InChI is InChI=1S/C56H47N/c1-7-17-46-49(32-28-38-27-30-40-19-9-10-20-41(40)34-38)54(42-31-33-45-44-21-14-15-24-50(44)56(4,5)51(45)35-42)47-22-12-13-23-48(47)55(46)43-29-26-37(3)53(36-43)57(6)52-25-16-11-18-39(52)8-2/h7-27,29-36H,1-2,28H2,3-6H3/b46-17+,49-32+. The molecule has 0 atom stereocenters. The highest BCUT2D eigenvalue weighted by atomic mass is 15.1. The number of aryl methyl sites for hydroxylation is 1. The first-order valence-electron chi connectivity index (χ1n) is 19.9. The molecule has 276 valence electrons. The van der Waals surface area contributed by atoms with Gasteiger partial charge in [-0.25, -0.2) is 0 Å². The molecule has 8 aromatic rings. The number of rotatable bonds is 8. The lowest BCUT2D eigenvalue weighted by atomic mass is 9.80. The van der Waals surface area contributed by atoms with Gasteiger partial charge in [0.25, 0.3) is 0 Å². The van der Waals surface area contributed by atoms with Crippen molar-refractivity contribution in [2.24, 2.45) is 0 Å². The van der Waals surface area contributed by atoms with Crippen molar-refractivity contribution in [2.75, 3.05) is 11.9 Å². The highest BCUT2D eigenvalue weighted by molar-refractivity contribution is 6.06. The normalized spacial score (nSPS) is 13.5. The van der Waals surface area contributed by atoms with Crippen LogP contribution < -0.4 is 15.3 Å². The first-order valence-corrected chi connectivity index (χ1v) is 19.9. The Bertz CT molecular complexity index is 3030. The minimum absolute atomic E-state index is 0.114. The molecule has 0 saturated heterocycles. The molecule has 1 nitrogen and oxygen atoms in total. The number of hydrogen-bond donors (Lipinski definition) is 0. The largest absolute Gasteiger partial charge is 0.344 e. The van der Waals surface area contributed by atoms with Gasteiger partial charge in [0.1, 0.15) is 0 Å². The fourth-order valence-electron chi connectivity index (χ4n) is 9.27. The predicted octanol–water partition coefficient (Wildman–Crippen LogP) is 13.3. The van der Waals surface area contributed by atoms with Gasteiger partial charge in [0, 0.05) is 23.8 Å². The van der Waals surface area contributed by atoms with Crippen molar-refractivity contribution in [3.63, 3.8) is 0 Å². The topological polar surface area (TPSA) is 3.24 Å². The third kappa shape index (κ3) is 6.12. The second kappa shape index (κ2) is 14.4. The van der Waals surface area contributed by atoms with Crippen LogP contribution in [0, 0.1) is 6.92 Å². The quantitative estimate of drug-likeness (QED) is 0.150. The van der Waals surface area contributed by atoms with E-state index in [1.54, 1.807) is 0 Å². The van der Waals surface area contributed by atoms with Crippen LogP contribution in [0.1, 0.15) is 41.7 Å². The molecule has 0 bridgehead atoms. The van der Waals surface area contributed by atoms with Crippen molar-refractivity contribution in [3.8, 4) is 33.4 Å². The van der Waals surface area contributed by atoms with Crippen LogP contribution in [-0.4, -0.2) is 7.05 Å². The van der Waals surface area contributed by atoms with E-state index in [9.17, 15) is 0 Å². The van der Waals surface area contributed by atoms with Crippen molar-refractivity contribution in [3.05, 3.63) is 209 Å². The molecule has 0 saturated carbocycles. The number of anilines is 2. The zero-order valence-electron chi connectivity index (χ0n) is 33.3. The van der Waals surface area contributed by atoms with E-state index in [0.717, 1.165) is 23.4 Å². The fraction of sp³-hybridized carbons (Fsp3) is 0.107. The monoisotopic (exact) mass is 733 g/mol. The zero-order chi connectivity index (χ0) is 39.3. The molecule has 57 heavy (non-hydrogen) atoms. The van der Waals surface area contributed by atoms with Crippen LogP contribution in [0.3, 0.4) is 0 Å². The first-order chi connectivity index (χ1) is 27.8. The SMILES string of the molecule is C=C/C=c1/c(-c2ccc(C)c(N(C)c3ccccc3C=C)c2)c2ccccc2c(-c2ccc3c(c2)C(C)(C)c2ccccc2-3)/c1=C/Cc1ccc2ccccc2c1. The summed E-state index contributed by atoms with van der Waals surface area (Å²) in [5.74, 6) is 0. The summed E-state index contributed by atoms with van der Waals surface area (Å²) < 4.78 is 0. The van der Waals surface area contributed by atoms with Gasteiger partial charge in [-0.15, -0.1) is 0 Å². The molecule has 0 unspecified atom stereocenters. The van der Waals surface area contributed by atoms with E-state index < -0.39 is 0 Å². The zero-order valence-corrected chi connectivity index (χ0v) is 33.3. The fourth-order valence-corrected chi connectivity index (χ4v) is 9.27. The maximum Gasteiger partial charge on any atom is 0.0481 e. The van der Waals surface area contributed by atoms with Crippen molar-refractivity contribution < 1.29 is 0 Å². The Hall–Kier alpha value is -6.70. The molecule has 0 aliphatic heterocycles. The van der Waals surface area contributed by atoms with Crippen LogP contribution in [0.2, 0.25) is 0 Å². The number of allylic oxidation sites excluding steroid dienone is 1. The molecule has 9 rings (SSSR count). The molecule has 0 fully saturated rings. The van der Waals surface area contributed by atoms with Gasteiger partial charge in [-0.05, 0) is 125 Å². The van der Waals surface area contributed by atoms with Gasteiger partial charge in [0.2, 0.25) is 0 Å². The summed E-state index contributed by atoms with van der Waals surface area (Å²) in [6, 6.07) is 55.9. The summed E-state index contributed by atoms with van der Waals surface area (Å²) in [5.41, 5.74) is 16.0. The van der Waals surface area contributed by atoms with Crippen LogP contribution in [0.4, 0.5) is 11.4 Å². The minimum Gasteiger partial charge on any atom is -0.344 e. The van der Waals surface area contributed by atoms with Gasteiger partial charge in [-0.2, -0.15) is 0 Å². The van der Waals surface area contributed by atoms with Crippen molar-refractivity contribution in [2.45, 2.75) is 32.6 Å². The maximum atomic E-state index is 4.29. The van der Waals surface area contributed by atoms with Gasteiger partial charge in [-0.3, -0.25) is 0 Å². The smallest absolute Gasteiger partial charge is 0.0481 e. The molecule has 0 amide bonds. The van der Waals surface area contributed by atoms with Crippen LogP contribution >= 0.6 is 0 Å². The molecule has 0 spiro atoms. The van der Waals surface area contributed by atoms with Crippen molar-refractivity contribution in [1.29, 1.82) is 0 Å². The Labute approximate surface area is 336 Å². The van der Waals surface area contributed by atoms with E-state index in [1.807, 2.05) is 12.2 Å². The summed E-state index contributed by atoms with van der Waals surface area (Å²) in [6.45, 7) is 15.3. The molecule has 8 aromatic carbocycles. The lowest BCUT2D eigenvalue weighted by Crippen LogP contribution is -2.30. The second-order valence-electron chi connectivity index (χ2n) is 15.9. The molecular weight excluding hydrogens is 687 g/mol. The molecule has 1 aliphatic rings. The molecule has 1 aliphatic carbocycles. The van der Waals surface area contributed by atoms with Gasteiger partial charge in [-0.1, -0.05) is 185 Å². The molecule has 0 radical (unpaired) electrons. The molecule has 0 aromatic heterocycles.